The van der Waals surface area contributed by atoms with E-state index in [1.807, 2.05) is 0 Å². The third kappa shape index (κ3) is 3.75. The van der Waals surface area contributed by atoms with Gasteiger partial charge in [0.2, 0.25) is 10.0 Å². The number of nitro groups is 1. The largest absolute Gasteiger partial charge is 0.352 e. The molecule has 1 fully saturated rings. The number of piperazine rings is 1. The number of pyridine rings is 1. The second-order valence-corrected chi connectivity index (χ2v) is 8.15. The first-order chi connectivity index (χ1) is 12.8. The van der Waals surface area contributed by atoms with Gasteiger partial charge in [0.25, 0.3) is 11.6 Å². The fourth-order valence-electron chi connectivity index (χ4n) is 2.86. The molecule has 11 heteroatoms. The highest BCUT2D eigenvalue weighted by molar-refractivity contribution is 7.89. The average molecular weight is 408 g/mol. The van der Waals surface area contributed by atoms with Crippen molar-refractivity contribution < 1.29 is 18.1 Å². The van der Waals surface area contributed by atoms with Gasteiger partial charge in [-0.15, -0.1) is 0 Å². The quantitative estimate of drug-likeness (QED) is 0.468. The summed E-state index contributed by atoms with van der Waals surface area (Å²) in [7, 11) is -4.03. The van der Waals surface area contributed by atoms with E-state index in [4.69, 9.17) is 12.2 Å². The number of H-pyrrole nitrogens is 1. The molecule has 1 amide bonds. The van der Waals surface area contributed by atoms with E-state index in [0.717, 1.165) is 10.4 Å². The molecule has 0 spiro atoms. The lowest BCUT2D eigenvalue weighted by atomic mass is 10.2. The molecule has 0 atom stereocenters. The van der Waals surface area contributed by atoms with E-state index in [9.17, 15) is 23.3 Å². The number of nitrogens with one attached hydrogen (secondary N) is 1. The van der Waals surface area contributed by atoms with Crippen molar-refractivity contribution in [2.24, 2.45) is 0 Å². The molecule has 0 radical (unpaired) electrons. The van der Waals surface area contributed by atoms with E-state index in [1.165, 1.54) is 23.1 Å². The van der Waals surface area contributed by atoms with Crippen LogP contribution in [-0.2, 0) is 10.0 Å². The van der Waals surface area contributed by atoms with Crippen LogP contribution >= 0.6 is 12.2 Å². The molecule has 0 saturated carbocycles. The standard InChI is InChI=1S/C16H16N4O5S2/c21-16(12-4-3-7-17-15(12)26)18-8-10-19(11-9-18)27(24,25)14-6-2-1-5-13(14)20(22)23/h1-7H,8-11H2,(H,17,26). The van der Waals surface area contributed by atoms with Gasteiger partial charge in [-0.1, -0.05) is 24.4 Å². The second kappa shape index (κ2) is 7.55. The van der Waals surface area contributed by atoms with Crippen LogP contribution in [0.15, 0.2) is 47.5 Å². The Balaban J connectivity index is 1.78. The summed E-state index contributed by atoms with van der Waals surface area (Å²) in [6.45, 7) is 0.428. The average Bonchev–Trinajstić information content (AvgIpc) is 2.68. The highest BCUT2D eigenvalue weighted by atomic mass is 32.2. The Morgan fingerprint density at radius 2 is 1.78 bits per heavy atom. The minimum Gasteiger partial charge on any atom is -0.352 e. The molecule has 1 saturated heterocycles. The van der Waals surface area contributed by atoms with E-state index in [2.05, 4.69) is 4.98 Å². The maximum atomic E-state index is 12.8. The maximum Gasteiger partial charge on any atom is 0.289 e. The molecule has 1 aliphatic rings. The lowest BCUT2D eigenvalue weighted by Gasteiger charge is -2.33. The summed E-state index contributed by atoms with van der Waals surface area (Å²) >= 11 is 5.11. The van der Waals surface area contributed by atoms with Gasteiger partial charge in [0, 0.05) is 38.4 Å². The number of aromatic nitrogens is 1. The first-order valence-electron chi connectivity index (χ1n) is 8.03. The van der Waals surface area contributed by atoms with Gasteiger partial charge in [0.1, 0.15) is 4.64 Å². The Morgan fingerprint density at radius 1 is 1.11 bits per heavy atom. The zero-order valence-electron chi connectivity index (χ0n) is 14.1. The predicted molar refractivity (Wildman–Crippen MR) is 99.4 cm³/mol. The van der Waals surface area contributed by atoms with Crippen LogP contribution in [0.4, 0.5) is 5.69 Å². The number of aromatic amines is 1. The number of amides is 1. The number of hydrogen-bond acceptors (Lipinski definition) is 6. The van der Waals surface area contributed by atoms with Crippen LogP contribution in [0.5, 0.6) is 0 Å². The van der Waals surface area contributed by atoms with Crippen LogP contribution in [0.2, 0.25) is 0 Å². The molecule has 1 N–H and O–H groups in total. The number of benzene rings is 1. The van der Waals surface area contributed by atoms with Crippen molar-refractivity contribution in [1.29, 1.82) is 0 Å². The molecule has 0 bridgehead atoms. The number of carbonyl (C=O) groups is 1. The molecule has 1 aromatic carbocycles. The summed E-state index contributed by atoms with van der Waals surface area (Å²) < 4.78 is 27.1. The molecule has 2 heterocycles. The van der Waals surface area contributed by atoms with E-state index in [0.29, 0.717) is 10.2 Å². The number of hydrogen-bond donors (Lipinski definition) is 1. The van der Waals surface area contributed by atoms with Gasteiger partial charge in [0.05, 0.1) is 10.5 Å². The zero-order chi connectivity index (χ0) is 19.6. The van der Waals surface area contributed by atoms with Gasteiger partial charge in [0.15, 0.2) is 4.90 Å². The third-order valence-corrected chi connectivity index (χ3v) is 6.54. The van der Waals surface area contributed by atoms with Crippen molar-refractivity contribution in [2.45, 2.75) is 4.90 Å². The maximum absolute atomic E-state index is 12.8. The summed E-state index contributed by atoms with van der Waals surface area (Å²) in [5, 5.41) is 11.1. The highest BCUT2D eigenvalue weighted by Crippen LogP contribution is 2.27. The first-order valence-corrected chi connectivity index (χ1v) is 9.88. The van der Waals surface area contributed by atoms with E-state index in [-0.39, 0.29) is 37.0 Å². The summed E-state index contributed by atoms with van der Waals surface area (Å²) in [4.78, 5) is 27.0. The molecular formula is C16H16N4O5S2. The van der Waals surface area contributed by atoms with Crippen LogP contribution in [-0.4, -0.2) is 59.6 Å². The molecule has 0 unspecified atom stereocenters. The number of carbonyl (C=O) groups excluding carboxylic acids is 1. The molecule has 2 aromatic rings. The summed E-state index contributed by atoms with van der Waals surface area (Å²) in [5.74, 6) is -0.278. The molecule has 27 heavy (non-hydrogen) atoms. The topological polar surface area (TPSA) is 117 Å². The smallest absolute Gasteiger partial charge is 0.289 e. The van der Waals surface area contributed by atoms with E-state index >= 15 is 0 Å². The number of nitrogens with zero attached hydrogens (tertiary/aromatic N) is 3. The third-order valence-electron chi connectivity index (χ3n) is 4.25. The molecule has 9 nitrogen and oxygen atoms in total. The Morgan fingerprint density at radius 3 is 2.41 bits per heavy atom. The number of rotatable bonds is 4. The Kier molecular flexibility index (Phi) is 5.35. The molecule has 142 valence electrons. The molecule has 1 aliphatic heterocycles. The zero-order valence-corrected chi connectivity index (χ0v) is 15.7. The summed E-state index contributed by atoms with van der Waals surface area (Å²) in [5.41, 5.74) is -0.117. The van der Waals surface area contributed by atoms with E-state index < -0.39 is 20.6 Å². The molecule has 0 aliphatic carbocycles. The van der Waals surface area contributed by atoms with Crippen molar-refractivity contribution in [3.63, 3.8) is 0 Å². The minimum atomic E-state index is -4.03. The van der Waals surface area contributed by atoms with Gasteiger partial charge in [-0.25, -0.2) is 8.42 Å². The monoisotopic (exact) mass is 408 g/mol. The molecule has 3 rings (SSSR count). The van der Waals surface area contributed by atoms with Gasteiger partial charge < -0.3 is 9.88 Å². The lowest BCUT2D eigenvalue weighted by molar-refractivity contribution is -0.387. The Hall–Kier alpha value is -2.63. The second-order valence-electron chi connectivity index (χ2n) is 5.83. The number of nitro benzene ring substituents is 1. The Labute approximate surface area is 160 Å². The van der Waals surface area contributed by atoms with Gasteiger partial charge in [-0.2, -0.15) is 4.31 Å². The normalized spacial score (nSPS) is 15.5. The van der Waals surface area contributed by atoms with Crippen LogP contribution in [0.3, 0.4) is 0 Å². The highest BCUT2D eigenvalue weighted by Gasteiger charge is 2.34. The summed E-state index contributed by atoms with van der Waals surface area (Å²) in [6, 6.07) is 8.50. The van der Waals surface area contributed by atoms with Crippen molar-refractivity contribution in [2.75, 3.05) is 26.2 Å². The predicted octanol–water partition coefficient (Wildman–Crippen LogP) is 1.80. The fraction of sp³-hybridized carbons (Fsp3) is 0.250. The van der Waals surface area contributed by atoms with Gasteiger partial charge in [-0.05, 0) is 18.2 Å². The van der Waals surface area contributed by atoms with Crippen LogP contribution in [0.1, 0.15) is 10.4 Å². The van der Waals surface area contributed by atoms with Crippen LogP contribution in [0.25, 0.3) is 0 Å². The number of para-hydroxylation sites is 1. The van der Waals surface area contributed by atoms with Crippen LogP contribution < -0.4 is 0 Å². The lowest BCUT2D eigenvalue weighted by Crippen LogP contribution is -2.50. The minimum absolute atomic E-state index is 0.0451. The number of sulfonamides is 1. The fourth-order valence-corrected chi connectivity index (χ4v) is 4.66. The van der Waals surface area contributed by atoms with Gasteiger partial charge >= 0.3 is 0 Å². The van der Waals surface area contributed by atoms with Crippen molar-refractivity contribution in [1.82, 2.24) is 14.2 Å². The molecule has 1 aromatic heterocycles. The Bertz CT molecular complexity index is 1040. The van der Waals surface area contributed by atoms with Gasteiger partial charge in [-0.3, -0.25) is 14.9 Å². The first kappa shape index (κ1) is 19.1. The van der Waals surface area contributed by atoms with E-state index in [1.54, 1.807) is 18.3 Å². The SMILES string of the molecule is O=C(c1ccc[nH]c1=S)N1CCN(S(=O)(=O)c2ccccc2[N+](=O)[O-])CC1. The summed E-state index contributed by atoms with van der Waals surface area (Å²) in [6.07, 6.45) is 1.62. The van der Waals surface area contributed by atoms with Crippen molar-refractivity contribution in [3.8, 4) is 0 Å². The van der Waals surface area contributed by atoms with Crippen LogP contribution in [0, 0.1) is 14.8 Å². The van der Waals surface area contributed by atoms with Crippen molar-refractivity contribution >= 4 is 33.8 Å². The molecular weight excluding hydrogens is 392 g/mol. The van der Waals surface area contributed by atoms with Crippen molar-refractivity contribution in [3.05, 3.63) is 62.9 Å².